The second-order valence-electron chi connectivity index (χ2n) is 5.42. The molecular weight excluding hydrogens is 302 g/mol. The van der Waals surface area contributed by atoms with E-state index in [-0.39, 0.29) is 16.7 Å². The van der Waals surface area contributed by atoms with Gasteiger partial charge in [-0.1, -0.05) is 41.9 Å². The van der Waals surface area contributed by atoms with Crippen LogP contribution < -0.4 is 10.5 Å². The van der Waals surface area contributed by atoms with Crippen molar-refractivity contribution in [3.8, 4) is 0 Å². The van der Waals surface area contributed by atoms with E-state index in [0.717, 1.165) is 5.56 Å². The highest BCUT2D eigenvalue weighted by Gasteiger charge is 2.21. The molecule has 1 aromatic carbocycles. The Morgan fingerprint density at radius 3 is 2.86 bits per heavy atom. The van der Waals surface area contributed by atoms with Gasteiger partial charge in [-0.3, -0.25) is 4.79 Å². The maximum atomic E-state index is 12.4. The predicted octanol–water partition coefficient (Wildman–Crippen LogP) is 2.17. The van der Waals surface area contributed by atoms with Gasteiger partial charge in [0.15, 0.2) is 0 Å². The molecule has 0 saturated carbocycles. The van der Waals surface area contributed by atoms with Gasteiger partial charge in [0.2, 0.25) is 0 Å². The summed E-state index contributed by atoms with van der Waals surface area (Å²) >= 11 is 6.29. The lowest BCUT2D eigenvalue weighted by molar-refractivity contribution is 0.0532. The van der Waals surface area contributed by atoms with E-state index < -0.39 is 0 Å². The van der Waals surface area contributed by atoms with E-state index in [1.165, 1.54) is 4.68 Å². The first kappa shape index (κ1) is 15.1. The van der Waals surface area contributed by atoms with Crippen molar-refractivity contribution >= 4 is 17.3 Å². The summed E-state index contributed by atoms with van der Waals surface area (Å²) < 4.78 is 6.91. The lowest BCUT2D eigenvalue weighted by atomic mass is 10.2. The van der Waals surface area contributed by atoms with Gasteiger partial charge in [0.05, 0.1) is 31.1 Å². The van der Waals surface area contributed by atoms with Gasteiger partial charge in [-0.2, -0.15) is 5.10 Å². The number of anilines is 1. The third-order valence-corrected chi connectivity index (χ3v) is 4.08. The Balaban J connectivity index is 1.87. The summed E-state index contributed by atoms with van der Waals surface area (Å²) in [5, 5.41) is 4.49. The Hall–Kier alpha value is -1.85. The molecule has 3 rings (SSSR count). The molecule has 1 aliphatic rings. The normalized spacial score (nSPS) is 18.5. The molecule has 1 atom stereocenters. The van der Waals surface area contributed by atoms with E-state index in [1.807, 2.05) is 37.3 Å². The molecule has 1 saturated heterocycles. The highest BCUT2D eigenvalue weighted by atomic mass is 35.5. The molecule has 1 aliphatic heterocycles. The summed E-state index contributed by atoms with van der Waals surface area (Å²) in [5.41, 5.74) is 1.44. The lowest BCUT2D eigenvalue weighted by Gasteiger charge is -2.33. The molecule has 0 radical (unpaired) electrons. The average Bonchev–Trinajstić information content (AvgIpc) is 2.53. The molecule has 0 bridgehead atoms. The fourth-order valence-corrected chi connectivity index (χ4v) is 2.85. The molecule has 6 heteroatoms. The number of nitrogens with zero attached hydrogens (tertiary/aromatic N) is 3. The summed E-state index contributed by atoms with van der Waals surface area (Å²) in [7, 11) is 0. The molecule has 22 heavy (non-hydrogen) atoms. The quantitative estimate of drug-likeness (QED) is 0.870. The fraction of sp³-hybridized carbons (Fsp3) is 0.375. The number of hydrogen-bond donors (Lipinski definition) is 0. The van der Waals surface area contributed by atoms with Crippen molar-refractivity contribution in [3.63, 3.8) is 0 Å². The molecule has 1 unspecified atom stereocenters. The minimum Gasteiger partial charge on any atom is -0.375 e. The highest BCUT2D eigenvalue weighted by molar-refractivity contribution is 6.33. The second kappa shape index (κ2) is 6.50. The number of benzene rings is 1. The Bertz CT molecular complexity index is 702. The number of rotatable bonds is 3. The van der Waals surface area contributed by atoms with E-state index in [2.05, 4.69) is 10.00 Å². The second-order valence-corrected chi connectivity index (χ2v) is 5.80. The highest BCUT2D eigenvalue weighted by Crippen LogP contribution is 2.23. The van der Waals surface area contributed by atoms with Gasteiger partial charge < -0.3 is 9.64 Å². The summed E-state index contributed by atoms with van der Waals surface area (Å²) in [6, 6.07) is 9.73. The number of aromatic nitrogens is 2. The minimum absolute atomic E-state index is 0.122. The predicted molar refractivity (Wildman–Crippen MR) is 86.7 cm³/mol. The van der Waals surface area contributed by atoms with Crippen LogP contribution in [-0.4, -0.2) is 35.6 Å². The Morgan fingerprint density at radius 1 is 1.36 bits per heavy atom. The molecule has 0 aliphatic carbocycles. The zero-order chi connectivity index (χ0) is 15.5. The van der Waals surface area contributed by atoms with Crippen LogP contribution in [0.2, 0.25) is 5.02 Å². The van der Waals surface area contributed by atoms with Gasteiger partial charge in [0.25, 0.3) is 5.56 Å². The SMILES string of the molecule is CC1CN(c2cnn(Cc3ccccc3)c(=O)c2Cl)CCO1. The standard InChI is InChI=1S/C16H18ClN3O2/c1-12-10-19(7-8-22-12)14-9-18-20(16(21)15(14)17)11-13-5-3-2-4-6-13/h2-6,9,12H,7-8,10-11H2,1H3. The van der Waals surface area contributed by atoms with Crippen molar-refractivity contribution in [2.24, 2.45) is 0 Å². The maximum absolute atomic E-state index is 12.4. The summed E-state index contributed by atoms with van der Waals surface area (Å²) in [5.74, 6) is 0. The van der Waals surface area contributed by atoms with Crippen molar-refractivity contribution in [1.82, 2.24) is 9.78 Å². The number of hydrogen-bond acceptors (Lipinski definition) is 4. The summed E-state index contributed by atoms with van der Waals surface area (Å²) in [4.78, 5) is 14.5. The molecule has 0 N–H and O–H groups in total. The van der Waals surface area contributed by atoms with Gasteiger partial charge in [0, 0.05) is 13.1 Å². The van der Waals surface area contributed by atoms with Crippen molar-refractivity contribution in [2.45, 2.75) is 19.6 Å². The van der Waals surface area contributed by atoms with Gasteiger partial charge in [-0.25, -0.2) is 4.68 Å². The monoisotopic (exact) mass is 319 g/mol. The van der Waals surface area contributed by atoms with Crippen LogP contribution in [0.1, 0.15) is 12.5 Å². The summed E-state index contributed by atoms with van der Waals surface area (Å²) in [6.45, 7) is 4.48. The van der Waals surface area contributed by atoms with Crippen molar-refractivity contribution in [1.29, 1.82) is 0 Å². The number of morpholine rings is 1. The topological polar surface area (TPSA) is 47.4 Å². The van der Waals surface area contributed by atoms with Crippen LogP contribution in [0.15, 0.2) is 41.3 Å². The van der Waals surface area contributed by atoms with E-state index in [4.69, 9.17) is 16.3 Å². The van der Waals surface area contributed by atoms with Gasteiger partial charge >= 0.3 is 0 Å². The van der Waals surface area contributed by atoms with Crippen LogP contribution in [0, 0.1) is 0 Å². The third kappa shape index (κ3) is 3.15. The zero-order valence-electron chi connectivity index (χ0n) is 12.4. The van der Waals surface area contributed by atoms with Gasteiger partial charge in [-0.15, -0.1) is 0 Å². The molecule has 1 aromatic heterocycles. The Morgan fingerprint density at radius 2 is 2.14 bits per heavy atom. The molecule has 2 heterocycles. The van der Waals surface area contributed by atoms with Gasteiger partial charge in [-0.05, 0) is 12.5 Å². The van der Waals surface area contributed by atoms with Gasteiger partial charge in [0.1, 0.15) is 5.02 Å². The Labute approximate surface area is 134 Å². The first-order valence-corrected chi connectivity index (χ1v) is 7.69. The third-order valence-electron chi connectivity index (χ3n) is 3.72. The smallest absolute Gasteiger partial charge is 0.287 e. The largest absolute Gasteiger partial charge is 0.375 e. The van der Waals surface area contributed by atoms with Crippen LogP contribution >= 0.6 is 11.6 Å². The van der Waals surface area contributed by atoms with Crippen LogP contribution in [0.4, 0.5) is 5.69 Å². The molecule has 5 nitrogen and oxygen atoms in total. The lowest BCUT2D eigenvalue weighted by Crippen LogP contribution is -2.42. The van der Waals surface area contributed by atoms with Crippen molar-refractivity contribution in [3.05, 3.63) is 57.5 Å². The van der Waals surface area contributed by atoms with Crippen molar-refractivity contribution in [2.75, 3.05) is 24.6 Å². The van der Waals surface area contributed by atoms with Crippen molar-refractivity contribution < 1.29 is 4.74 Å². The average molecular weight is 320 g/mol. The van der Waals surface area contributed by atoms with Crippen LogP contribution in [-0.2, 0) is 11.3 Å². The number of ether oxygens (including phenoxy) is 1. The van der Waals surface area contributed by atoms with E-state index in [1.54, 1.807) is 6.20 Å². The van der Waals surface area contributed by atoms with E-state index >= 15 is 0 Å². The van der Waals surface area contributed by atoms with Crippen LogP contribution in [0.5, 0.6) is 0 Å². The molecule has 116 valence electrons. The van der Waals surface area contributed by atoms with Crippen LogP contribution in [0.25, 0.3) is 0 Å². The first-order valence-electron chi connectivity index (χ1n) is 7.31. The van der Waals surface area contributed by atoms with E-state index in [9.17, 15) is 4.79 Å². The molecular formula is C16H18ClN3O2. The minimum atomic E-state index is -0.262. The maximum Gasteiger partial charge on any atom is 0.287 e. The zero-order valence-corrected chi connectivity index (χ0v) is 13.2. The molecule has 0 amide bonds. The first-order chi connectivity index (χ1) is 10.6. The molecule has 0 spiro atoms. The van der Waals surface area contributed by atoms with Crippen LogP contribution in [0.3, 0.4) is 0 Å². The number of halogens is 1. The molecule has 2 aromatic rings. The fourth-order valence-electron chi connectivity index (χ4n) is 2.58. The van der Waals surface area contributed by atoms with E-state index in [0.29, 0.717) is 31.9 Å². The molecule has 1 fully saturated rings. The summed E-state index contributed by atoms with van der Waals surface area (Å²) in [6.07, 6.45) is 1.79. The Kier molecular flexibility index (Phi) is 4.45.